The van der Waals surface area contributed by atoms with E-state index >= 15 is 0 Å². The van der Waals surface area contributed by atoms with E-state index < -0.39 is 17.9 Å². The highest BCUT2D eigenvalue weighted by Crippen LogP contribution is 2.38. The van der Waals surface area contributed by atoms with Crippen LogP contribution >= 0.6 is 39.3 Å². The third-order valence-corrected chi connectivity index (χ3v) is 9.52. The highest BCUT2D eigenvalue weighted by molar-refractivity contribution is 9.10. The molecule has 0 bridgehead atoms. The number of amides is 3. The van der Waals surface area contributed by atoms with Gasteiger partial charge >= 0.3 is 0 Å². The summed E-state index contributed by atoms with van der Waals surface area (Å²) in [4.78, 5) is 46.7. The van der Waals surface area contributed by atoms with Gasteiger partial charge in [0.25, 0.3) is 11.8 Å². The van der Waals surface area contributed by atoms with Crippen molar-refractivity contribution in [3.63, 3.8) is 0 Å². The average Bonchev–Trinajstić information content (AvgIpc) is 3.16. The van der Waals surface area contributed by atoms with Crippen molar-refractivity contribution in [3.05, 3.63) is 171 Å². The fraction of sp³-hybridized carbons (Fsp3) is 0.122. The minimum atomic E-state index is -0.760. The third-order valence-electron chi connectivity index (χ3n) is 7.77. The zero-order valence-electron chi connectivity index (χ0n) is 28.4. The van der Waals surface area contributed by atoms with Gasteiger partial charge in [0.05, 0.1) is 23.9 Å². The minimum Gasteiger partial charge on any atom is -0.493 e. The maximum atomic E-state index is 14.1. The zero-order valence-corrected chi connectivity index (χ0v) is 31.6. The number of allylic oxidation sites excluding steroid dienone is 4. The minimum absolute atomic E-state index is 0.0624. The number of rotatable bonds is 13. The summed E-state index contributed by atoms with van der Waals surface area (Å²) < 4.78 is 12.5. The number of hydrogen-bond acceptors (Lipinski definition) is 6. The van der Waals surface area contributed by atoms with Crippen LogP contribution in [0.2, 0.25) is 5.02 Å². The number of thioether (sulfide) groups is 1. The second-order valence-corrected chi connectivity index (χ2v) is 13.5. The lowest BCUT2D eigenvalue weighted by molar-refractivity contribution is -0.126. The molecular weight excluding hydrogens is 762 g/mol. The first-order chi connectivity index (χ1) is 25.2. The first-order valence-electron chi connectivity index (χ1n) is 16.1. The summed E-state index contributed by atoms with van der Waals surface area (Å²) in [6.45, 7) is 5.73. The largest absolute Gasteiger partial charge is 0.493 e. The molecule has 4 aromatic carbocycles. The molecule has 0 spiro atoms. The number of nitrogens with one attached hydrogen (secondary N) is 1. The highest BCUT2D eigenvalue weighted by Gasteiger charge is 2.35. The van der Waals surface area contributed by atoms with Gasteiger partial charge in [-0.1, -0.05) is 137 Å². The molecule has 0 unspecified atom stereocenters. The van der Waals surface area contributed by atoms with Crippen LogP contribution in [0.4, 0.5) is 0 Å². The van der Waals surface area contributed by atoms with Crippen molar-refractivity contribution in [2.24, 2.45) is 4.99 Å². The van der Waals surface area contributed by atoms with Gasteiger partial charge in [0.1, 0.15) is 12.2 Å². The number of carbonyl (C=O) groups is 3. The Balaban J connectivity index is 1.41. The molecule has 0 atom stereocenters. The standard InChI is InChI=1S/C41H35BrClN3O5S/c1-4-6-17-32(5-2)46-40(49)33(22-28-23-34(43)38(35(24-28)50-3)51-25-27-18-20-31(42)21-19-27)39(48)45-41(46)52-26-36(47)44-37(29-13-9-7-10-14-29)30-15-11-8-12-16-30/h4-24,37H,1,25-26H2,2-3H3,(H,44,47)/b17-6-,32-5+,33-22+. The highest BCUT2D eigenvalue weighted by atomic mass is 79.9. The van der Waals surface area contributed by atoms with E-state index in [2.05, 4.69) is 32.8 Å². The van der Waals surface area contributed by atoms with Gasteiger partial charge in [-0.3, -0.25) is 19.3 Å². The van der Waals surface area contributed by atoms with Crippen LogP contribution in [0.1, 0.15) is 35.2 Å². The van der Waals surface area contributed by atoms with Gasteiger partial charge in [0.2, 0.25) is 5.91 Å². The molecule has 4 aromatic rings. The second-order valence-electron chi connectivity index (χ2n) is 11.3. The molecule has 0 radical (unpaired) electrons. The second kappa shape index (κ2) is 18.4. The number of methoxy groups -OCH3 is 1. The molecule has 8 nitrogen and oxygen atoms in total. The van der Waals surface area contributed by atoms with Crippen molar-refractivity contribution in [2.45, 2.75) is 19.6 Å². The number of benzene rings is 4. The number of nitrogens with zero attached hydrogens (tertiary/aromatic N) is 2. The number of aliphatic imine (C=N–C) groups is 1. The van der Waals surface area contributed by atoms with Crippen LogP contribution in [0.25, 0.3) is 6.08 Å². The van der Waals surface area contributed by atoms with Gasteiger partial charge in [0, 0.05) is 10.2 Å². The molecule has 52 heavy (non-hydrogen) atoms. The Labute approximate surface area is 320 Å². The fourth-order valence-electron chi connectivity index (χ4n) is 5.26. The Morgan fingerprint density at radius 3 is 2.27 bits per heavy atom. The Morgan fingerprint density at radius 1 is 1.02 bits per heavy atom. The molecule has 0 saturated carbocycles. The molecule has 264 valence electrons. The smallest absolute Gasteiger partial charge is 0.285 e. The molecule has 0 saturated heterocycles. The normalized spacial score (nSPS) is 14.2. The molecule has 1 heterocycles. The van der Waals surface area contributed by atoms with Gasteiger partial charge in [-0.25, -0.2) is 0 Å². The van der Waals surface area contributed by atoms with Gasteiger partial charge in [0.15, 0.2) is 16.7 Å². The van der Waals surface area contributed by atoms with Crippen molar-refractivity contribution in [2.75, 3.05) is 12.9 Å². The Morgan fingerprint density at radius 2 is 1.67 bits per heavy atom. The Bertz CT molecular complexity index is 2030. The number of carbonyl (C=O) groups excluding carboxylic acids is 3. The van der Waals surface area contributed by atoms with Crippen molar-refractivity contribution < 1.29 is 23.9 Å². The monoisotopic (exact) mass is 795 g/mol. The van der Waals surface area contributed by atoms with Crippen LogP contribution in [0.3, 0.4) is 0 Å². The number of halogens is 2. The van der Waals surface area contributed by atoms with Gasteiger partial charge in [-0.15, -0.1) is 0 Å². The van der Waals surface area contributed by atoms with Crippen LogP contribution in [0.5, 0.6) is 11.5 Å². The summed E-state index contributed by atoms with van der Waals surface area (Å²) in [5, 5.41) is 3.39. The van der Waals surface area contributed by atoms with Crippen LogP contribution in [-0.2, 0) is 21.0 Å². The lowest BCUT2D eigenvalue weighted by Gasteiger charge is -2.28. The zero-order chi connectivity index (χ0) is 37.0. The summed E-state index contributed by atoms with van der Waals surface area (Å²) in [5.74, 6) is -1.16. The lowest BCUT2D eigenvalue weighted by atomic mass is 9.99. The molecule has 1 N–H and O–H groups in total. The van der Waals surface area contributed by atoms with Crippen molar-refractivity contribution in [1.29, 1.82) is 0 Å². The lowest BCUT2D eigenvalue weighted by Crippen LogP contribution is -2.42. The topological polar surface area (TPSA) is 97.3 Å². The summed E-state index contributed by atoms with van der Waals surface area (Å²) in [6.07, 6.45) is 8.03. The van der Waals surface area contributed by atoms with Crippen LogP contribution in [-0.4, -0.2) is 40.7 Å². The number of hydrogen-bond donors (Lipinski definition) is 1. The van der Waals surface area contributed by atoms with Crippen molar-refractivity contribution in [1.82, 2.24) is 10.2 Å². The first-order valence-corrected chi connectivity index (χ1v) is 18.3. The van der Waals surface area contributed by atoms with E-state index in [0.717, 1.165) is 32.9 Å². The number of amidine groups is 1. The maximum Gasteiger partial charge on any atom is 0.285 e. The average molecular weight is 797 g/mol. The first kappa shape index (κ1) is 38.1. The fourth-order valence-corrected chi connectivity index (χ4v) is 6.61. The van der Waals surface area contributed by atoms with E-state index in [1.54, 1.807) is 43.4 Å². The summed E-state index contributed by atoms with van der Waals surface area (Å²) in [7, 11) is 1.48. The SMILES string of the molecule is C=C/C=C\C(=C/C)N1C(=O)/C(=C/c2cc(Cl)c(OCc3ccc(Br)cc3)c(OC)c2)C(=O)N=C1SCC(=O)NC(c1ccccc1)c1ccccc1. The molecule has 1 aliphatic heterocycles. The third kappa shape index (κ3) is 9.58. The molecule has 0 aliphatic carbocycles. The molecule has 0 fully saturated rings. The van der Waals surface area contributed by atoms with Crippen molar-refractivity contribution in [3.8, 4) is 11.5 Å². The quantitative estimate of drug-likeness (QED) is 0.0824. The maximum absolute atomic E-state index is 14.1. The molecule has 0 aromatic heterocycles. The van der Waals surface area contributed by atoms with Crippen LogP contribution in [0.15, 0.2) is 149 Å². The predicted molar refractivity (Wildman–Crippen MR) is 212 cm³/mol. The van der Waals surface area contributed by atoms with Crippen molar-refractivity contribution >= 4 is 68.3 Å². The van der Waals surface area contributed by atoms with E-state index in [-0.39, 0.29) is 34.0 Å². The van der Waals surface area contributed by atoms with Gasteiger partial charge < -0.3 is 14.8 Å². The van der Waals surface area contributed by atoms with Gasteiger partial charge in [-0.05, 0) is 65.6 Å². The molecule has 3 amide bonds. The van der Waals surface area contributed by atoms with E-state index in [9.17, 15) is 14.4 Å². The van der Waals surface area contributed by atoms with E-state index in [1.807, 2.05) is 84.9 Å². The van der Waals surface area contributed by atoms with Crippen LogP contribution in [0, 0.1) is 0 Å². The summed E-state index contributed by atoms with van der Waals surface area (Å²) in [5.41, 5.74) is 3.42. The molecule has 5 rings (SSSR count). The van der Waals surface area contributed by atoms with Crippen LogP contribution < -0.4 is 14.8 Å². The van der Waals surface area contributed by atoms with E-state index in [1.165, 1.54) is 18.1 Å². The Kier molecular flexibility index (Phi) is 13.4. The summed E-state index contributed by atoms with van der Waals surface area (Å²) >= 11 is 11.1. The van der Waals surface area contributed by atoms with E-state index in [4.69, 9.17) is 21.1 Å². The van der Waals surface area contributed by atoms with E-state index in [0.29, 0.717) is 22.8 Å². The molecule has 1 aliphatic rings. The van der Waals surface area contributed by atoms with Gasteiger partial charge in [-0.2, -0.15) is 4.99 Å². The number of ether oxygens (including phenoxy) is 2. The summed E-state index contributed by atoms with van der Waals surface area (Å²) in [6, 6.07) is 29.7. The predicted octanol–water partition coefficient (Wildman–Crippen LogP) is 9.08. The molecule has 11 heteroatoms. The Hall–Kier alpha value is -5.16. The molecular formula is C41H35BrClN3O5S.